The van der Waals surface area contributed by atoms with Crippen LogP contribution in [0.5, 0.6) is 0 Å². The average molecular weight is 476 g/mol. The predicted octanol–water partition coefficient (Wildman–Crippen LogP) is 7.64. The number of hydrogen-bond acceptors (Lipinski definition) is 2. The molecule has 190 valence electrons. The summed E-state index contributed by atoms with van der Waals surface area (Å²) in [6.45, 7) is 4.02. The van der Waals surface area contributed by atoms with Crippen LogP contribution < -0.4 is 5.32 Å². The molecule has 0 fully saturated rings. The minimum atomic E-state index is 0.132. The summed E-state index contributed by atoms with van der Waals surface area (Å²) in [4.78, 5) is 17.1. The van der Waals surface area contributed by atoms with Crippen LogP contribution in [0.3, 0.4) is 0 Å². The normalized spacial score (nSPS) is 11.2. The summed E-state index contributed by atoms with van der Waals surface area (Å²) in [6.07, 6.45) is 16.7. The Bertz CT molecular complexity index is 979. The smallest absolute Gasteiger partial charge is 0.220 e. The van der Waals surface area contributed by atoms with Gasteiger partial charge in [0.2, 0.25) is 5.91 Å². The molecule has 2 aromatic carbocycles. The van der Waals surface area contributed by atoms with E-state index in [2.05, 4.69) is 53.2 Å². The number of nitrogens with zero attached hydrogens (tertiary/aromatic N) is 2. The molecule has 1 amide bonds. The summed E-state index contributed by atoms with van der Waals surface area (Å²) in [6, 6.07) is 18.7. The van der Waals surface area contributed by atoms with Gasteiger partial charge in [0.05, 0.1) is 11.0 Å². The quantitative estimate of drug-likeness (QED) is 0.192. The van der Waals surface area contributed by atoms with Gasteiger partial charge in [0.1, 0.15) is 5.82 Å². The van der Waals surface area contributed by atoms with Gasteiger partial charge in [-0.15, -0.1) is 0 Å². The molecule has 0 aliphatic heterocycles. The maximum atomic E-state index is 12.2. The van der Waals surface area contributed by atoms with Crippen LogP contribution in [0.4, 0.5) is 0 Å². The number of hydrogen-bond donors (Lipinski definition) is 1. The number of aryl methyl sites for hydroxylation is 3. The molecule has 0 spiro atoms. The molecule has 35 heavy (non-hydrogen) atoms. The summed E-state index contributed by atoms with van der Waals surface area (Å²) in [5.74, 6) is 1.29. The first kappa shape index (κ1) is 27.0. The van der Waals surface area contributed by atoms with Crippen LogP contribution in [0.15, 0.2) is 54.6 Å². The maximum absolute atomic E-state index is 12.2. The molecular weight excluding hydrogens is 430 g/mol. The van der Waals surface area contributed by atoms with Crippen molar-refractivity contribution in [2.24, 2.45) is 0 Å². The standard InChI is InChI=1S/C31H45N3O/c1-2-3-4-5-6-7-8-9-10-16-26-34-29-21-15-14-20-28(29)33-30(34)22-17-25-32-31(35)24-23-27-18-12-11-13-19-27/h11-15,18-21H,2-10,16-17,22-26H2,1H3,(H,32,35). The average Bonchev–Trinajstić information content (AvgIpc) is 3.24. The van der Waals surface area contributed by atoms with Gasteiger partial charge in [-0.2, -0.15) is 0 Å². The summed E-state index contributed by atoms with van der Waals surface area (Å²) in [5, 5.41) is 3.09. The lowest BCUT2D eigenvalue weighted by Gasteiger charge is -2.10. The van der Waals surface area contributed by atoms with Crippen LogP contribution in [0.1, 0.15) is 95.4 Å². The van der Waals surface area contributed by atoms with Gasteiger partial charge in [-0.05, 0) is 37.0 Å². The SMILES string of the molecule is CCCCCCCCCCCCn1c(CCCNC(=O)CCc2ccccc2)nc2ccccc21. The number of rotatable bonds is 18. The zero-order valence-electron chi connectivity index (χ0n) is 21.8. The van der Waals surface area contributed by atoms with Crippen molar-refractivity contribution >= 4 is 16.9 Å². The number of imidazole rings is 1. The second-order valence-electron chi connectivity index (χ2n) is 9.79. The lowest BCUT2D eigenvalue weighted by molar-refractivity contribution is -0.121. The van der Waals surface area contributed by atoms with E-state index in [0.29, 0.717) is 13.0 Å². The largest absolute Gasteiger partial charge is 0.356 e. The first-order valence-corrected chi connectivity index (χ1v) is 14.0. The zero-order chi connectivity index (χ0) is 24.6. The molecule has 3 aromatic rings. The third-order valence-electron chi connectivity index (χ3n) is 6.85. The Balaban J connectivity index is 1.37. The molecule has 0 bridgehead atoms. The Morgan fingerprint density at radius 1 is 0.771 bits per heavy atom. The van der Waals surface area contributed by atoms with E-state index in [1.807, 2.05) is 18.2 Å². The summed E-state index contributed by atoms with van der Waals surface area (Å²) >= 11 is 0. The maximum Gasteiger partial charge on any atom is 0.220 e. The predicted molar refractivity (Wildman–Crippen MR) is 148 cm³/mol. The van der Waals surface area contributed by atoms with Gasteiger partial charge in [-0.3, -0.25) is 4.79 Å². The molecule has 0 aliphatic carbocycles. The van der Waals surface area contributed by atoms with E-state index < -0.39 is 0 Å². The highest BCUT2D eigenvalue weighted by Gasteiger charge is 2.10. The van der Waals surface area contributed by atoms with Gasteiger partial charge < -0.3 is 9.88 Å². The number of carbonyl (C=O) groups excluding carboxylic acids is 1. The highest BCUT2D eigenvalue weighted by molar-refractivity contribution is 5.76. The number of nitrogens with one attached hydrogen (secondary N) is 1. The molecule has 0 saturated heterocycles. The molecule has 0 atom stereocenters. The lowest BCUT2D eigenvalue weighted by atomic mass is 10.1. The number of para-hydroxylation sites is 2. The van der Waals surface area contributed by atoms with Crippen molar-refractivity contribution in [2.45, 2.75) is 103 Å². The van der Waals surface area contributed by atoms with Gasteiger partial charge in [-0.1, -0.05) is 107 Å². The summed E-state index contributed by atoms with van der Waals surface area (Å²) in [5.41, 5.74) is 3.54. The highest BCUT2D eigenvalue weighted by atomic mass is 16.1. The fourth-order valence-electron chi connectivity index (χ4n) is 4.79. The van der Waals surface area contributed by atoms with Gasteiger partial charge >= 0.3 is 0 Å². The number of benzene rings is 2. The molecule has 0 aliphatic rings. The van der Waals surface area contributed by atoms with E-state index >= 15 is 0 Å². The minimum absolute atomic E-state index is 0.132. The Hall–Kier alpha value is -2.62. The second kappa shape index (κ2) is 16.1. The molecule has 0 saturated carbocycles. The van der Waals surface area contributed by atoms with Gasteiger partial charge in [-0.25, -0.2) is 4.98 Å². The molecular formula is C31H45N3O. The molecule has 1 aromatic heterocycles. The van der Waals surface area contributed by atoms with Crippen molar-refractivity contribution in [2.75, 3.05) is 6.54 Å². The van der Waals surface area contributed by atoms with E-state index in [9.17, 15) is 4.79 Å². The molecule has 4 nitrogen and oxygen atoms in total. The third kappa shape index (κ3) is 9.87. The van der Waals surface area contributed by atoms with Crippen molar-refractivity contribution in [1.29, 1.82) is 0 Å². The van der Waals surface area contributed by atoms with Crippen molar-refractivity contribution in [1.82, 2.24) is 14.9 Å². The third-order valence-corrected chi connectivity index (χ3v) is 6.85. The van der Waals surface area contributed by atoms with Crippen molar-refractivity contribution in [3.05, 3.63) is 66.0 Å². The minimum Gasteiger partial charge on any atom is -0.356 e. The second-order valence-corrected chi connectivity index (χ2v) is 9.79. The van der Waals surface area contributed by atoms with E-state index in [-0.39, 0.29) is 5.91 Å². The summed E-state index contributed by atoms with van der Waals surface area (Å²) < 4.78 is 2.41. The van der Waals surface area contributed by atoms with Crippen LogP contribution in [0.2, 0.25) is 0 Å². The first-order chi connectivity index (χ1) is 17.3. The van der Waals surface area contributed by atoms with Crippen LogP contribution in [-0.4, -0.2) is 22.0 Å². The lowest BCUT2D eigenvalue weighted by Crippen LogP contribution is -2.25. The van der Waals surface area contributed by atoms with Gasteiger partial charge in [0, 0.05) is 25.9 Å². The van der Waals surface area contributed by atoms with Gasteiger partial charge in [0.15, 0.2) is 0 Å². The van der Waals surface area contributed by atoms with E-state index in [0.717, 1.165) is 37.1 Å². The number of aromatic nitrogens is 2. The number of amides is 1. The van der Waals surface area contributed by atoms with E-state index in [1.54, 1.807) is 0 Å². The number of unbranched alkanes of at least 4 members (excludes halogenated alkanes) is 9. The Kier molecular flexibility index (Phi) is 12.4. The van der Waals surface area contributed by atoms with Crippen LogP contribution in [-0.2, 0) is 24.2 Å². The molecule has 4 heteroatoms. The van der Waals surface area contributed by atoms with E-state index in [1.165, 1.54) is 75.3 Å². The molecule has 1 N–H and O–H groups in total. The highest BCUT2D eigenvalue weighted by Crippen LogP contribution is 2.19. The van der Waals surface area contributed by atoms with Crippen molar-refractivity contribution in [3.63, 3.8) is 0 Å². The Labute approximate surface area is 212 Å². The molecule has 0 radical (unpaired) electrons. The van der Waals surface area contributed by atoms with Gasteiger partial charge in [0.25, 0.3) is 0 Å². The topological polar surface area (TPSA) is 46.9 Å². The Morgan fingerprint density at radius 3 is 2.17 bits per heavy atom. The van der Waals surface area contributed by atoms with Crippen molar-refractivity contribution in [3.8, 4) is 0 Å². The fraction of sp³-hybridized carbons (Fsp3) is 0.548. The monoisotopic (exact) mass is 475 g/mol. The zero-order valence-corrected chi connectivity index (χ0v) is 21.8. The van der Waals surface area contributed by atoms with Crippen LogP contribution in [0, 0.1) is 0 Å². The fourth-order valence-corrected chi connectivity index (χ4v) is 4.79. The number of fused-ring (bicyclic) bond motifs is 1. The summed E-state index contributed by atoms with van der Waals surface area (Å²) in [7, 11) is 0. The van der Waals surface area contributed by atoms with Crippen molar-refractivity contribution < 1.29 is 4.79 Å². The molecule has 1 heterocycles. The molecule has 3 rings (SSSR count). The van der Waals surface area contributed by atoms with Crippen LogP contribution >= 0.6 is 0 Å². The Morgan fingerprint density at radius 2 is 1.43 bits per heavy atom. The first-order valence-electron chi connectivity index (χ1n) is 14.0. The van der Waals surface area contributed by atoms with E-state index in [4.69, 9.17) is 4.98 Å². The van der Waals surface area contributed by atoms with Crippen LogP contribution in [0.25, 0.3) is 11.0 Å². The number of carbonyl (C=O) groups is 1. The molecule has 0 unspecified atom stereocenters.